The third-order valence-corrected chi connectivity index (χ3v) is 6.46. The second kappa shape index (κ2) is 10.6. The zero-order chi connectivity index (χ0) is 25.8. The van der Waals surface area contributed by atoms with Gasteiger partial charge in [-0.05, 0) is 55.8 Å². The van der Waals surface area contributed by atoms with Crippen LogP contribution in [0.3, 0.4) is 0 Å². The number of carbonyl (C=O) groups is 2. The number of hydrogen-bond donors (Lipinski definition) is 1. The number of methoxy groups -OCH3 is 2. The van der Waals surface area contributed by atoms with Crippen LogP contribution in [0, 0.1) is 0 Å². The Bertz CT molecular complexity index is 1300. The van der Waals surface area contributed by atoms with E-state index in [-0.39, 0.29) is 11.3 Å². The molecule has 186 valence electrons. The largest absolute Gasteiger partial charge is 0.507 e. The van der Waals surface area contributed by atoms with E-state index >= 15 is 0 Å². The van der Waals surface area contributed by atoms with Gasteiger partial charge >= 0.3 is 0 Å². The van der Waals surface area contributed by atoms with Crippen molar-refractivity contribution < 1.29 is 24.2 Å². The van der Waals surface area contributed by atoms with Crippen molar-refractivity contribution in [2.75, 3.05) is 37.1 Å². The minimum Gasteiger partial charge on any atom is -0.507 e. The third kappa shape index (κ3) is 4.52. The molecule has 3 aromatic carbocycles. The van der Waals surface area contributed by atoms with E-state index in [0.717, 1.165) is 18.8 Å². The van der Waals surface area contributed by atoms with Gasteiger partial charge in [-0.2, -0.15) is 0 Å². The first kappa shape index (κ1) is 24.9. The summed E-state index contributed by atoms with van der Waals surface area (Å²) in [4.78, 5) is 30.4. The summed E-state index contributed by atoms with van der Waals surface area (Å²) < 4.78 is 10.6. The van der Waals surface area contributed by atoms with Gasteiger partial charge in [-0.15, -0.1) is 0 Å². The fourth-order valence-electron chi connectivity index (χ4n) is 4.56. The lowest BCUT2D eigenvalue weighted by molar-refractivity contribution is -0.132. The Morgan fingerprint density at radius 3 is 2.11 bits per heavy atom. The zero-order valence-electron chi connectivity index (χ0n) is 20.9. The average Bonchev–Trinajstić information content (AvgIpc) is 3.19. The van der Waals surface area contributed by atoms with Gasteiger partial charge in [-0.3, -0.25) is 14.5 Å². The summed E-state index contributed by atoms with van der Waals surface area (Å²) in [5.41, 5.74) is 2.65. The molecule has 1 saturated heterocycles. The Balaban J connectivity index is 1.91. The van der Waals surface area contributed by atoms with Gasteiger partial charge in [0.15, 0.2) is 0 Å². The molecule has 1 fully saturated rings. The van der Waals surface area contributed by atoms with Crippen molar-refractivity contribution in [2.24, 2.45) is 0 Å². The van der Waals surface area contributed by atoms with Gasteiger partial charge in [0.25, 0.3) is 11.7 Å². The minimum atomic E-state index is -0.825. The van der Waals surface area contributed by atoms with E-state index in [9.17, 15) is 14.7 Å². The van der Waals surface area contributed by atoms with Gasteiger partial charge in [-0.1, -0.05) is 30.3 Å². The molecule has 1 N–H and O–H groups in total. The normalized spacial score (nSPS) is 16.8. The Labute approximate surface area is 211 Å². The Kier molecular flexibility index (Phi) is 7.29. The number of Topliss-reactive ketones (excluding diaryl/α,β-unsaturated/α-hetero) is 1. The lowest BCUT2D eigenvalue weighted by Gasteiger charge is -2.27. The van der Waals surface area contributed by atoms with Crippen molar-refractivity contribution in [3.8, 4) is 11.5 Å². The number of ketones is 1. The molecule has 0 radical (unpaired) electrons. The summed E-state index contributed by atoms with van der Waals surface area (Å²) in [6.07, 6.45) is 0. The summed E-state index contributed by atoms with van der Waals surface area (Å²) in [7, 11) is 3.07. The minimum absolute atomic E-state index is 0.0201. The van der Waals surface area contributed by atoms with E-state index in [1.54, 1.807) is 55.6 Å². The number of ether oxygens (including phenoxy) is 2. The van der Waals surface area contributed by atoms with Gasteiger partial charge in [0.05, 0.1) is 25.8 Å². The second-order valence-electron chi connectivity index (χ2n) is 8.37. The molecular formula is C29H30N2O5. The van der Waals surface area contributed by atoms with Crippen molar-refractivity contribution in [2.45, 2.75) is 19.9 Å². The molecule has 0 aromatic heterocycles. The van der Waals surface area contributed by atoms with Crippen LogP contribution in [0.15, 0.2) is 78.4 Å². The maximum Gasteiger partial charge on any atom is 0.300 e. The van der Waals surface area contributed by atoms with E-state index in [0.29, 0.717) is 28.3 Å². The lowest BCUT2D eigenvalue weighted by Crippen LogP contribution is -2.29. The summed E-state index contributed by atoms with van der Waals surface area (Å²) in [6, 6.07) is 20.7. The first-order valence-electron chi connectivity index (χ1n) is 11.9. The first-order chi connectivity index (χ1) is 17.4. The quantitative estimate of drug-likeness (QED) is 0.269. The summed E-state index contributed by atoms with van der Waals surface area (Å²) in [5.74, 6) is -0.643. The van der Waals surface area contributed by atoms with Gasteiger partial charge in [-0.25, -0.2) is 0 Å². The molecule has 1 atom stereocenters. The number of rotatable bonds is 8. The standard InChI is InChI=1S/C29H30N2O5/c1-5-30(6-2)21-15-13-19(14-16-21)26-25(27(32)20-9-7-11-23(17-20)35-3)28(33)29(34)31(26)22-10-8-12-24(18-22)36-4/h7-18,26,32H,5-6H2,1-4H3/b27-25+. The summed E-state index contributed by atoms with van der Waals surface area (Å²) in [5, 5.41) is 11.3. The maximum atomic E-state index is 13.4. The first-order valence-corrected chi connectivity index (χ1v) is 11.9. The van der Waals surface area contributed by atoms with Gasteiger partial charge in [0.1, 0.15) is 17.3 Å². The molecule has 1 amide bonds. The molecule has 1 aliphatic rings. The van der Waals surface area contributed by atoms with Crippen LogP contribution in [0.2, 0.25) is 0 Å². The van der Waals surface area contributed by atoms with Crippen molar-refractivity contribution in [1.29, 1.82) is 0 Å². The molecule has 1 heterocycles. The van der Waals surface area contributed by atoms with Crippen molar-refractivity contribution >= 4 is 28.8 Å². The number of nitrogens with zero attached hydrogens (tertiary/aromatic N) is 2. The Morgan fingerprint density at radius 1 is 0.889 bits per heavy atom. The molecule has 1 unspecified atom stereocenters. The maximum absolute atomic E-state index is 13.4. The van der Waals surface area contributed by atoms with Crippen molar-refractivity contribution in [1.82, 2.24) is 0 Å². The number of aliphatic hydroxyl groups is 1. The van der Waals surface area contributed by atoms with E-state index in [1.807, 2.05) is 24.3 Å². The highest BCUT2D eigenvalue weighted by molar-refractivity contribution is 6.51. The monoisotopic (exact) mass is 486 g/mol. The van der Waals surface area contributed by atoms with Crippen LogP contribution in [-0.2, 0) is 9.59 Å². The van der Waals surface area contributed by atoms with Crippen LogP contribution in [0.4, 0.5) is 11.4 Å². The van der Waals surface area contributed by atoms with Crippen LogP contribution in [0.25, 0.3) is 5.76 Å². The number of anilines is 2. The van der Waals surface area contributed by atoms with Crippen molar-refractivity contribution in [3.63, 3.8) is 0 Å². The van der Waals surface area contributed by atoms with Crippen LogP contribution in [-0.4, -0.2) is 44.1 Å². The highest BCUT2D eigenvalue weighted by atomic mass is 16.5. The predicted molar refractivity (Wildman–Crippen MR) is 141 cm³/mol. The van der Waals surface area contributed by atoms with Crippen LogP contribution < -0.4 is 19.3 Å². The van der Waals surface area contributed by atoms with Gasteiger partial charge in [0.2, 0.25) is 0 Å². The Morgan fingerprint density at radius 2 is 1.50 bits per heavy atom. The molecule has 0 bridgehead atoms. The topological polar surface area (TPSA) is 79.3 Å². The predicted octanol–water partition coefficient (Wildman–Crippen LogP) is 5.18. The molecule has 0 saturated carbocycles. The third-order valence-electron chi connectivity index (χ3n) is 6.46. The number of carbonyl (C=O) groups excluding carboxylic acids is 2. The number of amides is 1. The molecular weight excluding hydrogens is 456 g/mol. The van der Waals surface area contributed by atoms with E-state index in [1.165, 1.54) is 12.0 Å². The molecule has 7 heteroatoms. The second-order valence-corrected chi connectivity index (χ2v) is 8.37. The zero-order valence-corrected chi connectivity index (χ0v) is 20.9. The smallest absolute Gasteiger partial charge is 0.300 e. The number of benzene rings is 3. The highest BCUT2D eigenvalue weighted by Crippen LogP contribution is 2.43. The average molecular weight is 487 g/mol. The molecule has 0 aliphatic carbocycles. The van der Waals surface area contributed by atoms with Crippen LogP contribution in [0.5, 0.6) is 11.5 Å². The molecule has 0 spiro atoms. The summed E-state index contributed by atoms with van der Waals surface area (Å²) >= 11 is 0. The molecule has 36 heavy (non-hydrogen) atoms. The number of aliphatic hydroxyl groups excluding tert-OH is 1. The fourth-order valence-corrected chi connectivity index (χ4v) is 4.56. The molecule has 7 nitrogen and oxygen atoms in total. The van der Waals surface area contributed by atoms with E-state index in [4.69, 9.17) is 9.47 Å². The number of hydrogen-bond acceptors (Lipinski definition) is 6. The highest BCUT2D eigenvalue weighted by Gasteiger charge is 2.47. The molecule has 3 aromatic rings. The van der Waals surface area contributed by atoms with Crippen molar-refractivity contribution in [3.05, 3.63) is 89.5 Å². The lowest BCUT2D eigenvalue weighted by atomic mass is 9.94. The van der Waals surface area contributed by atoms with Crippen LogP contribution in [0.1, 0.15) is 31.0 Å². The van der Waals surface area contributed by atoms with Gasteiger partial charge in [0, 0.05) is 36.1 Å². The van der Waals surface area contributed by atoms with Gasteiger partial charge < -0.3 is 19.5 Å². The molecule has 4 rings (SSSR count). The van der Waals surface area contributed by atoms with Crippen LogP contribution >= 0.6 is 0 Å². The fraction of sp³-hybridized carbons (Fsp3) is 0.241. The summed E-state index contributed by atoms with van der Waals surface area (Å²) in [6.45, 7) is 5.88. The van der Waals surface area contributed by atoms with E-state index < -0.39 is 17.7 Å². The SMILES string of the molecule is CCN(CC)c1ccc(C2/C(=C(\O)c3cccc(OC)c3)C(=O)C(=O)N2c2cccc(OC)c2)cc1. The molecule has 1 aliphatic heterocycles. The Hall–Kier alpha value is -4.26. The van der Waals surface area contributed by atoms with E-state index in [2.05, 4.69) is 18.7 Å².